The van der Waals surface area contributed by atoms with E-state index in [4.69, 9.17) is 27.6 Å². The summed E-state index contributed by atoms with van der Waals surface area (Å²) in [7, 11) is -3.69. The van der Waals surface area contributed by atoms with Crippen LogP contribution in [0.4, 0.5) is 5.69 Å². The average Bonchev–Trinajstić information content (AvgIpc) is 3.22. The third-order valence-corrected chi connectivity index (χ3v) is 6.15. The molecule has 1 fully saturated rings. The maximum absolute atomic E-state index is 12.4. The highest BCUT2D eigenvalue weighted by Gasteiger charge is 2.30. The first-order valence-electron chi connectivity index (χ1n) is 7.24. The zero-order valence-electron chi connectivity index (χ0n) is 12.5. The summed E-state index contributed by atoms with van der Waals surface area (Å²) in [5, 5.41) is 3.01. The van der Waals surface area contributed by atoms with Gasteiger partial charge in [-0.2, -0.15) is 4.31 Å². The van der Waals surface area contributed by atoms with Crippen LogP contribution in [-0.2, 0) is 10.0 Å². The van der Waals surface area contributed by atoms with Crippen LogP contribution in [0.1, 0.15) is 23.4 Å². The monoisotopic (exact) mass is 388 g/mol. The van der Waals surface area contributed by atoms with Crippen molar-refractivity contribution in [3.63, 3.8) is 0 Å². The Kier molecular flexibility index (Phi) is 4.87. The molecule has 0 bridgehead atoms. The van der Waals surface area contributed by atoms with Gasteiger partial charge in [0.05, 0.1) is 10.0 Å². The smallest absolute Gasteiger partial charge is 0.291 e. The number of rotatable bonds is 4. The maximum Gasteiger partial charge on any atom is 0.291 e. The number of carbonyl (C=O) groups is 1. The van der Waals surface area contributed by atoms with Crippen molar-refractivity contribution in [2.45, 2.75) is 17.9 Å². The SMILES string of the molecule is O=C(Nc1ccc(Cl)c(Cl)c1)c1ccc(S(=O)(=O)N2CCCC2)o1. The molecule has 0 radical (unpaired) electrons. The Morgan fingerprint density at radius 1 is 1.08 bits per heavy atom. The molecule has 1 amide bonds. The summed E-state index contributed by atoms with van der Waals surface area (Å²) in [4.78, 5) is 12.2. The third kappa shape index (κ3) is 3.44. The molecule has 1 N–H and O–H groups in total. The van der Waals surface area contributed by atoms with E-state index in [0.717, 1.165) is 12.8 Å². The Balaban J connectivity index is 1.77. The van der Waals surface area contributed by atoms with Gasteiger partial charge in [-0.1, -0.05) is 23.2 Å². The fourth-order valence-corrected chi connectivity index (χ4v) is 4.13. The van der Waals surface area contributed by atoms with E-state index < -0.39 is 15.9 Å². The number of furan rings is 1. The predicted octanol–water partition coefficient (Wildman–Crippen LogP) is 3.62. The fourth-order valence-electron chi connectivity index (χ4n) is 2.40. The molecule has 1 aliphatic heterocycles. The molecule has 0 aliphatic carbocycles. The largest absolute Gasteiger partial charge is 0.438 e. The summed E-state index contributed by atoms with van der Waals surface area (Å²) < 4.78 is 31.4. The highest BCUT2D eigenvalue weighted by molar-refractivity contribution is 7.89. The molecule has 0 saturated carbocycles. The molecule has 2 heterocycles. The molecule has 6 nitrogen and oxygen atoms in total. The quantitative estimate of drug-likeness (QED) is 0.866. The molecule has 1 aliphatic rings. The van der Waals surface area contributed by atoms with Crippen LogP contribution in [0, 0.1) is 0 Å². The van der Waals surface area contributed by atoms with Crippen molar-refractivity contribution < 1.29 is 17.6 Å². The molecule has 1 saturated heterocycles. The molecule has 2 aromatic rings. The first kappa shape index (κ1) is 17.3. The second kappa shape index (κ2) is 6.76. The van der Waals surface area contributed by atoms with Gasteiger partial charge in [0.15, 0.2) is 5.76 Å². The number of anilines is 1. The van der Waals surface area contributed by atoms with Crippen LogP contribution in [0.3, 0.4) is 0 Å². The maximum atomic E-state index is 12.4. The van der Waals surface area contributed by atoms with Crippen LogP contribution in [0.5, 0.6) is 0 Å². The molecule has 24 heavy (non-hydrogen) atoms. The first-order chi connectivity index (χ1) is 11.4. The van der Waals surface area contributed by atoms with E-state index in [1.54, 1.807) is 12.1 Å². The number of halogens is 2. The van der Waals surface area contributed by atoms with Crippen molar-refractivity contribution in [2.75, 3.05) is 18.4 Å². The molecular formula is C15H14Cl2N2O4S. The lowest BCUT2D eigenvalue weighted by atomic mass is 10.3. The van der Waals surface area contributed by atoms with Gasteiger partial charge in [-0.15, -0.1) is 0 Å². The van der Waals surface area contributed by atoms with Crippen LogP contribution in [-0.4, -0.2) is 31.7 Å². The lowest BCUT2D eigenvalue weighted by Crippen LogP contribution is -2.27. The summed E-state index contributed by atoms with van der Waals surface area (Å²) in [5.74, 6) is -0.671. The number of nitrogens with one attached hydrogen (secondary N) is 1. The molecule has 9 heteroatoms. The fraction of sp³-hybridized carbons (Fsp3) is 0.267. The van der Waals surface area contributed by atoms with E-state index in [1.807, 2.05) is 0 Å². The summed E-state index contributed by atoms with van der Waals surface area (Å²) >= 11 is 11.7. The molecule has 1 aromatic carbocycles. The van der Waals surface area contributed by atoms with Crippen LogP contribution in [0.2, 0.25) is 10.0 Å². The molecule has 128 valence electrons. The van der Waals surface area contributed by atoms with Gasteiger partial charge < -0.3 is 9.73 Å². The zero-order valence-corrected chi connectivity index (χ0v) is 14.8. The Labute approximate surface area is 149 Å². The predicted molar refractivity (Wildman–Crippen MR) is 91.1 cm³/mol. The highest BCUT2D eigenvalue weighted by atomic mass is 35.5. The van der Waals surface area contributed by atoms with Gasteiger partial charge in [-0.3, -0.25) is 4.79 Å². The number of sulfonamides is 1. The summed E-state index contributed by atoms with van der Waals surface area (Å²) in [6.07, 6.45) is 1.65. The van der Waals surface area contributed by atoms with E-state index in [2.05, 4.69) is 5.32 Å². The van der Waals surface area contributed by atoms with Gasteiger partial charge in [0.1, 0.15) is 0 Å². The Bertz CT molecular complexity index is 873. The molecule has 1 aromatic heterocycles. The summed E-state index contributed by atoms with van der Waals surface area (Å²) in [6.45, 7) is 0.932. The zero-order chi connectivity index (χ0) is 17.3. The number of carbonyl (C=O) groups excluding carboxylic acids is 1. The van der Waals surface area contributed by atoms with Gasteiger partial charge in [-0.25, -0.2) is 8.42 Å². The van der Waals surface area contributed by atoms with Crippen LogP contribution in [0.15, 0.2) is 39.8 Å². The third-order valence-electron chi connectivity index (χ3n) is 3.64. The minimum Gasteiger partial charge on any atom is -0.438 e. The van der Waals surface area contributed by atoms with Crippen molar-refractivity contribution in [1.82, 2.24) is 4.31 Å². The molecule has 0 unspecified atom stereocenters. The molecular weight excluding hydrogens is 375 g/mol. The minimum atomic E-state index is -3.69. The summed E-state index contributed by atoms with van der Waals surface area (Å²) in [5.41, 5.74) is 0.426. The number of nitrogens with zero attached hydrogens (tertiary/aromatic N) is 1. The van der Waals surface area contributed by atoms with Crippen molar-refractivity contribution in [1.29, 1.82) is 0 Å². The van der Waals surface area contributed by atoms with E-state index in [-0.39, 0.29) is 10.9 Å². The van der Waals surface area contributed by atoms with Crippen molar-refractivity contribution >= 4 is 44.8 Å². The molecule has 0 spiro atoms. The molecule has 3 rings (SSSR count). The topological polar surface area (TPSA) is 79.6 Å². The van der Waals surface area contributed by atoms with E-state index >= 15 is 0 Å². The van der Waals surface area contributed by atoms with Gasteiger partial charge in [0, 0.05) is 18.8 Å². The van der Waals surface area contributed by atoms with Gasteiger partial charge >= 0.3 is 0 Å². The van der Waals surface area contributed by atoms with Gasteiger partial charge in [-0.05, 0) is 43.2 Å². The lowest BCUT2D eigenvalue weighted by Gasteiger charge is -2.12. The highest BCUT2D eigenvalue weighted by Crippen LogP contribution is 2.26. The Morgan fingerprint density at radius 2 is 1.79 bits per heavy atom. The van der Waals surface area contributed by atoms with E-state index in [0.29, 0.717) is 28.8 Å². The van der Waals surface area contributed by atoms with Crippen LogP contribution >= 0.6 is 23.2 Å². The number of amides is 1. The van der Waals surface area contributed by atoms with Gasteiger partial charge in [0.2, 0.25) is 5.09 Å². The number of benzene rings is 1. The Hall–Kier alpha value is -1.54. The van der Waals surface area contributed by atoms with Crippen molar-refractivity contribution in [3.8, 4) is 0 Å². The molecule has 0 atom stereocenters. The van der Waals surface area contributed by atoms with Crippen molar-refractivity contribution in [3.05, 3.63) is 46.1 Å². The number of hydrogen-bond donors (Lipinski definition) is 1. The minimum absolute atomic E-state index is 0.0983. The van der Waals surface area contributed by atoms with Crippen molar-refractivity contribution in [2.24, 2.45) is 0 Å². The standard InChI is InChI=1S/C15H14Cl2N2O4S/c16-11-4-3-10(9-12(11)17)18-15(20)13-5-6-14(23-13)24(21,22)19-7-1-2-8-19/h3-6,9H,1-2,7-8H2,(H,18,20). The number of hydrogen-bond acceptors (Lipinski definition) is 4. The van der Waals surface area contributed by atoms with E-state index in [9.17, 15) is 13.2 Å². The summed E-state index contributed by atoms with van der Waals surface area (Å²) in [6, 6.07) is 7.24. The van der Waals surface area contributed by atoms with E-state index in [1.165, 1.54) is 22.5 Å². The normalized spacial score (nSPS) is 15.6. The first-order valence-corrected chi connectivity index (χ1v) is 9.44. The van der Waals surface area contributed by atoms with Gasteiger partial charge in [0.25, 0.3) is 15.9 Å². The second-order valence-corrected chi connectivity index (χ2v) is 8.00. The average molecular weight is 389 g/mol. The Morgan fingerprint density at radius 3 is 2.46 bits per heavy atom. The second-order valence-electron chi connectivity index (χ2n) is 5.31. The van der Waals surface area contributed by atoms with Crippen LogP contribution in [0.25, 0.3) is 0 Å². The lowest BCUT2D eigenvalue weighted by molar-refractivity contribution is 0.0991. The van der Waals surface area contributed by atoms with Crippen LogP contribution < -0.4 is 5.32 Å².